The Kier molecular flexibility index (Phi) is 6.56. The van der Waals surface area contributed by atoms with Gasteiger partial charge < -0.3 is 24.4 Å². The van der Waals surface area contributed by atoms with E-state index in [2.05, 4.69) is 42.4 Å². The van der Waals surface area contributed by atoms with Crippen LogP contribution in [0.15, 0.2) is 52.3 Å². The number of aromatic nitrogens is 3. The molecule has 0 bridgehead atoms. The lowest BCUT2D eigenvalue weighted by molar-refractivity contribution is -0.113. The van der Waals surface area contributed by atoms with Crippen LogP contribution in [-0.4, -0.2) is 60.1 Å². The van der Waals surface area contributed by atoms with Gasteiger partial charge in [0.1, 0.15) is 16.5 Å². The van der Waals surface area contributed by atoms with Crippen molar-refractivity contribution in [1.82, 2.24) is 15.1 Å². The van der Waals surface area contributed by atoms with E-state index in [0.717, 1.165) is 42.8 Å². The number of nitrogens with one attached hydrogen (secondary N) is 1. The van der Waals surface area contributed by atoms with Crippen molar-refractivity contribution in [1.29, 1.82) is 0 Å². The van der Waals surface area contributed by atoms with E-state index < -0.39 is 0 Å². The second-order valence-electron chi connectivity index (χ2n) is 7.02. The van der Waals surface area contributed by atoms with Gasteiger partial charge in [0.15, 0.2) is 11.6 Å². The summed E-state index contributed by atoms with van der Waals surface area (Å²) in [4.78, 5) is 25.8. The van der Waals surface area contributed by atoms with Crippen LogP contribution >= 0.6 is 11.8 Å². The molecule has 1 N–H and O–H groups in total. The van der Waals surface area contributed by atoms with Gasteiger partial charge in [-0.25, -0.2) is 9.97 Å². The van der Waals surface area contributed by atoms with E-state index in [9.17, 15) is 4.79 Å². The van der Waals surface area contributed by atoms with E-state index in [4.69, 9.17) is 9.26 Å². The molecule has 9 nitrogen and oxygen atoms in total. The summed E-state index contributed by atoms with van der Waals surface area (Å²) in [6.45, 7) is 5.17. The standard InChI is InChI=1S/C21H24N6O3S/c1-15-13-18(25-30-15)24-19(28)14-31-21-20(22-7-8-23-21)27-11-9-26(10-12-27)16-3-5-17(29-2)6-4-16/h3-8,13H,9-12,14H2,1-2H3,(H,24,25,28). The summed E-state index contributed by atoms with van der Waals surface area (Å²) in [7, 11) is 1.67. The molecule has 10 heteroatoms. The molecule has 2 aromatic heterocycles. The third-order valence-electron chi connectivity index (χ3n) is 4.90. The van der Waals surface area contributed by atoms with Crippen molar-refractivity contribution in [3.05, 3.63) is 48.5 Å². The van der Waals surface area contributed by atoms with Crippen LogP contribution in [0.25, 0.3) is 0 Å². The third-order valence-corrected chi connectivity index (χ3v) is 5.87. The van der Waals surface area contributed by atoms with Crippen molar-refractivity contribution in [3.8, 4) is 5.75 Å². The molecule has 0 unspecified atom stereocenters. The van der Waals surface area contributed by atoms with Crippen LogP contribution in [0.2, 0.25) is 0 Å². The van der Waals surface area contributed by atoms with Crippen molar-refractivity contribution in [2.24, 2.45) is 0 Å². The lowest BCUT2D eigenvalue weighted by Crippen LogP contribution is -2.47. The van der Waals surface area contributed by atoms with Gasteiger partial charge in [0.05, 0.1) is 12.9 Å². The number of rotatable bonds is 7. The fourth-order valence-corrected chi connectivity index (χ4v) is 4.13. The molecule has 0 saturated carbocycles. The summed E-state index contributed by atoms with van der Waals surface area (Å²) in [6, 6.07) is 9.79. The van der Waals surface area contributed by atoms with Gasteiger partial charge in [-0.15, -0.1) is 0 Å². The Hall–Kier alpha value is -3.27. The maximum absolute atomic E-state index is 12.2. The Morgan fingerprint density at radius 2 is 1.84 bits per heavy atom. The summed E-state index contributed by atoms with van der Waals surface area (Å²) in [5, 5.41) is 7.24. The van der Waals surface area contributed by atoms with Crippen molar-refractivity contribution in [2.45, 2.75) is 11.9 Å². The molecular formula is C21H24N6O3S. The number of aryl methyl sites for hydroxylation is 1. The second kappa shape index (κ2) is 9.69. The molecule has 3 aromatic rings. The molecule has 1 amide bonds. The number of methoxy groups -OCH3 is 1. The fraction of sp³-hybridized carbons (Fsp3) is 0.333. The number of ether oxygens (including phenoxy) is 1. The first-order valence-electron chi connectivity index (χ1n) is 9.93. The van der Waals surface area contributed by atoms with Crippen LogP contribution in [-0.2, 0) is 4.79 Å². The van der Waals surface area contributed by atoms with E-state index in [1.54, 1.807) is 32.5 Å². The number of benzene rings is 1. The quantitative estimate of drug-likeness (QED) is 0.556. The summed E-state index contributed by atoms with van der Waals surface area (Å²) >= 11 is 1.36. The minimum Gasteiger partial charge on any atom is -0.497 e. The SMILES string of the molecule is COc1ccc(N2CCN(c3nccnc3SCC(=O)Nc3cc(C)on3)CC2)cc1. The summed E-state index contributed by atoms with van der Waals surface area (Å²) in [5.74, 6) is 2.77. The Morgan fingerprint density at radius 3 is 2.52 bits per heavy atom. The molecule has 1 saturated heterocycles. The Morgan fingerprint density at radius 1 is 1.13 bits per heavy atom. The first-order valence-corrected chi connectivity index (χ1v) is 10.9. The molecule has 162 valence electrons. The minimum absolute atomic E-state index is 0.167. The number of carbonyl (C=O) groups is 1. The zero-order valence-corrected chi connectivity index (χ0v) is 18.3. The molecule has 1 aromatic carbocycles. The van der Waals surface area contributed by atoms with Gasteiger partial charge in [-0.3, -0.25) is 4.79 Å². The number of hydrogen-bond acceptors (Lipinski definition) is 9. The number of piperazine rings is 1. The van der Waals surface area contributed by atoms with Crippen molar-refractivity contribution in [2.75, 3.05) is 54.2 Å². The molecular weight excluding hydrogens is 416 g/mol. The van der Waals surface area contributed by atoms with Gasteiger partial charge in [-0.1, -0.05) is 16.9 Å². The van der Waals surface area contributed by atoms with E-state index in [-0.39, 0.29) is 11.7 Å². The lowest BCUT2D eigenvalue weighted by Gasteiger charge is -2.37. The normalized spacial score (nSPS) is 13.9. The highest BCUT2D eigenvalue weighted by molar-refractivity contribution is 8.00. The molecule has 31 heavy (non-hydrogen) atoms. The Balaban J connectivity index is 1.34. The minimum atomic E-state index is -0.167. The predicted molar refractivity (Wildman–Crippen MR) is 120 cm³/mol. The average molecular weight is 441 g/mol. The number of anilines is 3. The summed E-state index contributed by atoms with van der Waals surface area (Å²) in [6.07, 6.45) is 3.34. The number of nitrogens with zero attached hydrogens (tertiary/aromatic N) is 5. The van der Waals surface area contributed by atoms with E-state index in [1.165, 1.54) is 17.4 Å². The van der Waals surface area contributed by atoms with Crippen LogP contribution in [0.4, 0.5) is 17.3 Å². The molecule has 1 aliphatic rings. The average Bonchev–Trinajstić information content (AvgIpc) is 3.22. The fourth-order valence-electron chi connectivity index (χ4n) is 3.34. The van der Waals surface area contributed by atoms with Crippen LogP contribution in [0.3, 0.4) is 0 Å². The largest absolute Gasteiger partial charge is 0.497 e. The first kappa shape index (κ1) is 21.0. The highest BCUT2D eigenvalue weighted by Gasteiger charge is 2.22. The van der Waals surface area contributed by atoms with Gasteiger partial charge in [-0.2, -0.15) is 0 Å². The van der Waals surface area contributed by atoms with E-state index in [0.29, 0.717) is 11.6 Å². The topological polar surface area (TPSA) is 96.6 Å². The first-order chi connectivity index (χ1) is 15.1. The summed E-state index contributed by atoms with van der Waals surface area (Å²) in [5.41, 5.74) is 1.17. The number of hydrogen-bond donors (Lipinski definition) is 1. The van der Waals surface area contributed by atoms with Gasteiger partial charge in [0.2, 0.25) is 5.91 Å². The molecule has 0 aliphatic carbocycles. The van der Waals surface area contributed by atoms with E-state index in [1.807, 2.05) is 12.1 Å². The molecule has 3 heterocycles. The van der Waals surface area contributed by atoms with Crippen LogP contribution < -0.4 is 19.9 Å². The van der Waals surface area contributed by atoms with Crippen LogP contribution in [0, 0.1) is 6.92 Å². The monoisotopic (exact) mass is 440 g/mol. The van der Waals surface area contributed by atoms with Crippen LogP contribution in [0.1, 0.15) is 5.76 Å². The Labute approximate surface area is 184 Å². The van der Waals surface area contributed by atoms with E-state index >= 15 is 0 Å². The maximum Gasteiger partial charge on any atom is 0.236 e. The summed E-state index contributed by atoms with van der Waals surface area (Å²) < 4.78 is 10.2. The predicted octanol–water partition coefficient (Wildman–Crippen LogP) is 2.84. The smallest absolute Gasteiger partial charge is 0.236 e. The molecule has 0 radical (unpaired) electrons. The zero-order valence-electron chi connectivity index (χ0n) is 17.4. The molecule has 1 fully saturated rings. The van der Waals surface area contributed by atoms with Gasteiger partial charge in [0.25, 0.3) is 0 Å². The number of carbonyl (C=O) groups excluding carboxylic acids is 1. The maximum atomic E-state index is 12.2. The second-order valence-corrected chi connectivity index (χ2v) is 7.98. The number of thioether (sulfide) groups is 1. The van der Waals surface area contributed by atoms with Crippen LogP contribution in [0.5, 0.6) is 5.75 Å². The zero-order chi connectivity index (χ0) is 21.6. The molecule has 0 atom stereocenters. The van der Waals surface area contributed by atoms with Gasteiger partial charge >= 0.3 is 0 Å². The highest BCUT2D eigenvalue weighted by Crippen LogP contribution is 2.28. The third kappa shape index (κ3) is 5.26. The molecule has 4 rings (SSSR count). The van der Waals surface area contributed by atoms with Crippen molar-refractivity contribution < 1.29 is 14.1 Å². The van der Waals surface area contributed by atoms with Crippen molar-refractivity contribution in [3.63, 3.8) is 0 Å². The van der Waals surface area contributed by atoms with Crippen molar-refractivity contribution >= 4 is 35.0 Å². The highest BCUT2D eigenvalue weighted by atomic mass is 32.2. The number of amides is 1. The lowest BCUT2D eigenvalue weighted by atomic mass is 10.2. The molecule has 0 spiro atoms. The van der Waals surface area contributed by atoms with Gasteiger partial charge in [0, 0.05) is 50.3 Å². The Bertz CT molecular complexity index is 1020. The van der Waals surface area contributed by atoms with Gasteiger partial charge in [-0.05, 0) is 31.2 Å². The molecule has 1 aliphatic heterocycles.